The number of aliphatic hydroxyl groups is 5. The quantitative estimate of drug-likeness (QED) is 0.165. The number of rotatable bonds is 12. The summed E-state index contributed by atoms with van der Waals surface area (Å²) in [5.74, 6) is -3.29. The highest BCUT2D eigenvalue weighted by Crippen LogP contribution is 2.37. The van der Waals surface area contributed by atoms with Gasteiger partial charge in [-0.15, -0.1) is 0 Å². The number of esters is 1. The Labute approximate surface area is 366 Å². The van der Waals surface area contributed by atoms with Crippen LogP contribution in [0.3, 0.4) is 0 Å². The Morgan fingerprint density at radius 3 is 2.31 bits per heavy atom. The van der Waals surface area contributed by atoms with Gasteiger partial charge in [-0.25, -0.2) is 17.9 Å². The number of nitriles is 1. The van der Waals surface area contributed by atoms with Crippen molar-refractivity contribution in [3.63, 3.8) is 0 Å². The fourth-order valence-electron chi connectivity index (χ4n) is 8.76. The molecule has 19 heteroatoms. The van der Waals surface area contributed by atoms with Gasteiger partial charge in [-0.3, -0.25) is 9.69 Å². The van der Waals surface area contributed by atoms with E-state index in [4.69, 9.17) is 25.8 Å². The molecule has 0 bridgehead atoms. The number of sulfonamides is 1. The zero-order chi connectivity index (χ0) is 46.2. The molecule has 2 aliphatic rings. The maximum Gasteiger partial charge on any atom is 0.331 e. The summed E-state index contributed by atoms with van der Waals surface area (Å²) in [6.07, 6.45) is -7.10. The predicted octanol–water partition coefficient (Wildman–Crippen LogP) is 2.70. The highest BCUT2D eigenvalue weighted by molar-refractivity contribution is 7.90. The van der Waals surface area contributed by atoms with E-state index in [2.05, 4.69) is 0 Å². The molecule has 0 aromatic heterocycles. The van der Waals surface area contributed by atoms with Crippen molar-refractivity contribution < 1.29 is 57.8 Å². The topological polar surface area (TPSA) is 243 Å². The molecule has 2 heterocycles. The lowest BCUT2D eigenvalue weighted by Gasteiger charge is -2.46. The number of likely N-dealkylation sites (N-methyl/N-ethyl adjacent to an activating group) is 1. The van der Waals surface area contributed by atoms with Gasteiger partial charge in [0.2, 0.25) is 0 Å². The van der Waals surface area contributed by atoms with Crippen LogP contribution in [-0.2, 0) is 29.0 Å². The van der Waals surface area contributed by atoms with Crippen molar-refractivity contribution in [2.45, 2.75) is 159 Å². The number of aliphatic hydroxyl groups excluding tert-OH is 3. The van der Waals surface area contributed by atoms with Crippen LogP contribution in [0.1, 0.15) is 87.5 Å². The van der Waals surface area contributed by atoms with Crippen LogP contribution in [0.4, 0.5) is 4.79 Å². The lowest BCUT2D eigenvalue weighted by molar-refractivity contribution is -0.299. The molecule has 2 fully saturated rings. The fourth-order valence-corrected chi connectivity index (χ4v) is 10.3. The smallest absolute Gasteiger partial charge is 0.331 e. The van der Waals surface area contributed by atoms with Crippen molar-refractivity contribution in [3.8, 4) is 6.07 Å². The highest BCUT2D eigenvalue weighted by atomic mass is 35.5. The number of benzene rings is 1. The Morgan fingerprint density at radius 1 is 1.08 bits per heavy atom. The molecule has 2 amide bonds. The molecule has 2 saturated heterocycles. The van der Waals surface area contributed by atoms with Gasteiger partial charge in [0.15, 0.2) is 6.29 Å². The molecular weight excluding hydrogens is 834 g/mol. The van der Waals surface area contributed by atoms with Crippen molar-refractivity contribution in [1.29, 1.82) is 5.26 Å². The lowest BCUT2D eigenvalue weighted by Crippen LogP contribution is -2.59. The van der Waals surface area contributed by atoms with Crippen LogP contribution in [0.25, 0.3) is 0 Å². The second-order valence-electron chi connectivity index (χ2n) is 17.8. The molecule has 61 heavy (non-hydrogen) atoms. The van der Waals surface area contributed by atoms with Gasteiger partial charge in [0, 0.05) is 44.2 Å². The third-order valence-electron chi connectivity index (χ3n) is 12.3. The summed E-state index contributed by atoms with van der Waals surface area (Å²) < 4.78 is 46.7. The minimum atomic E-state index is -4.37. The number of carbonyl (C=O) groups is 2. The Morgan fingerprint density at radius 2 is 1.72 bits per heavy atom. The summed E-state index contributed by atoms with van der Waals surface area (Å²) in [5, 5.41) is 68.5. The highest BCUT2D eigenvalue weighted by Gasteiger charge is 2.50. The van der Waals surface area contributed by atoms with E-state index < -0.39 is 87.9 Å². The summed E-state index contributed by atoms with van der Waals surface area (Å²) in [6.45, 7) is 13.5. The maximum absolute atomic E-state index is 13.7. The number of cyclic esters (lactones) is 1. The summed E-state index contributed by atoms with van der Waals surface area (Å²) in [6, 6.07) is 5.52. The first kappa shape index (κ1) is 52.7. The molecule has 0 unspecified atom stereocenters. The molecule has 1 aromatic rings. The number of hydrogen-bond acceptors (Lipinski definition) is 15. The molecule has 14 atom stereocenters. The number of halogens is 1. The van der Waals surface area contributed by atoms with Crippen LogP contribution in [-0.4, -0.2) is 167 Å². The van der Waals surface area contributed by atoms with Gasteiger partial charge in [0.1, 0.15) is 28.8 Å². The molecule has 348 valence electrons. The van der Waals surface area contributed by atoms with Crippen molar-refractivity contribution >= 4 is 33.6 Å². The number of amides is 2. The van der Waals surface area contributed by atoms with Gasteiger partial charge in [0.25, 0.3) is 10.0 Å². The van der Waals surface area contributed by atoms with Gasteiger partial charge >= 0.3 is 12.0 Å². The van der Waals surface area contributed by atoms with Gasteiger partial charge in [-0.1, -0.05) is 44.5 Å². The van der Waals surface area contributed by atoms with Gasteiger partial charge in [0.05, 0.1) is 47.3 Å². The molecule has 0 saturated carbocycles. The Kier molecular flexibility index (Phi) is 19.3. The largest absolute Gasteiger partial charge is 0.459 e. The van der Waals surface area contributed by atoms with E-state index in [9.17, 15) is 48.8 Å². The van der Waals surface area contributed by atoms with Gasteiger partial charge in [-0.2, -0.15) is 5.26 Å². The Balaban J connectivity index is 2.00. The predicted molar refractivity (Wildman–Crippen MR) is 227 cm³/mol. The SMILES string of the molecule is CC[C@H]1OC(=O)[C@H](C)[C@@H](O)[C@@H](C)[C@@H](O[C@H]2O[C@@H](C)C[C@H](N(C)C)[C@@H]2O)[C@](C)(O)C[C@@H](C)CN(CCCN(CCC#N)C(=O)NS(=O)(=O)c2ccccc2Cl)[C@H](C)[C@@H](O)[C@]1(C)O. The number of nitrogens with one attached hydrogen (secondary N) is 1. The number of nitrogens with zero attached hydrogens (tertiary/aromatic N) is 4. The van der Waals surface area contributed by atoms with E-state index in [-0.39, 0.29) is 79.8 Å². The van der Waals surface area contributed by atoms with E-state index >= 15 is 0 Å². The van der Waals surface area contributed by atoms with Crippen LogP contribution < -0.4 is 4.72 Å². The second kappa shape index (κ2) is 22.3. The minimum Gasteiger partial charge on any atom is -0.459 e. The first-order valence-electron chi connectivity index (χ1n) is 21.1. The molecule has 0 aliphatic carbocycles. The maximum atomic E-state index is 13.7. The first-order valence-corrected chi connectivity index (χ1v) is 23.0. The van der Waals surface area contributed by atoms with Crippen molar-refractivity contribution in [2.24, 2.45) is 17.8 Å². The average Bonchev–Trinajstić information content (AvgIpc) is 3.18. The third-order valence-corrected chi connectivity index (χ3v) is 14.1. The minimum absolute atomic E-state index is 0.0121. The van der Waals surface area contributed by atoms with E-state index in [0.717, 1.165) is 0 Å². The van der Waals surface area contributed by atoms with Crippen LogP contribution in [0.5, 0.6) is 0 Å². The monoisotopic (exact) mass is 903 g/mol. The molecule has 0 radical (unpaired) electrons. The Bertz CT molecular complexity index is 1750. The van der Waals surface area contributed by atoms with E-state index in [1.807, 2.05) is 48.5 Å². The van der Waals surface area contributed by atoms with Gasteiger partial charge in [-0.05, 0) is 92.4 Å². The second-order valence-corrected chi connectivity index (χ2v) is 19.8. The fraction of sp³-hybridized carbons (Fsp3) is 0.786. The molecule has 0 spiro atoms. The van der Waals surface area contributed by atoms with E-state index in [1.165, 1.54) is 36.9 Å². The average molecular weight is 905 g/mol. The molecular formula is C42H70ClN5O12S. The van der Waals surface area contributed by atoms with E-state index in [1.54, 1.807) is 33.8 Å². The number of ether oxygens (including phenoxy) is 3. The molecule has 1 aromatic carbocycles. The molecule has 3 rings (SSSR count). The van der Waals surface area contributed by atoms with Gasteiger partial charge < -0.3 is 49.5 Å². The molecule has 6 N–H and O–H groups in total. The summed E-state index contributed by atoms with van der Waals surface area (Å²) in [5.41, 5.74) is -3.69. The van der Waals surface area contributed by atoms with E-state index in [0.29, 0.717) is 6.42 Å². The third kappa shape index (κ3) is 13.4. The number of carbonyl (C=O) groups excluding carboxylic acids is 2. The van der Waals surface area contributed by atoms with Crippen LogP contribution in [0.2, 0.25) is 5.02 Å². The van der Waals surface area contributed by atoms with Crippen LogP contribution >= 0.6 is 11.6 Å². The molecule has 2 aliphatic heterocycles. The first-order chi connectivity index (χ1) is 28.3. The van der Waals surface area contributed by atoms with Crippen molar-refractivity contribution in [2.75, 3.05) is 40.3 Å². The normalized spacial score (nSPS) is 36.3. The number of urea groups is 1. The van der Waals surface area contributed by atoms with Crippen LogP contribution in [0, 0.1) is 29.1 Å². The Hall–Kier alpha value is -2.67. The van der Waals surface area contributed by atoms with Crippen LogP contribution in [0.15, 0.2) is 29.2 Å². The summed E-state index contributed by atoms with van der Waals surface area (Å²) in [7, 11) is -0.702. The lowest BCUT2D eigenvalue weighted by atomic mass is 9.78. The molecule has 17 nitrogen and oxygen atoms in total. The van der Waals surface area contributed by atoms with Crippen molar-refractivity contribution in [1.82, 2.24) is 19.4 Å². The summed E-state index contributed by atoms with van der Waals surface area (Å²) in [4.78, 5) is 31.7. The standard InChI is InChI=1S/C42H70ClN5O12S/c1-11-33-42(8,55)36(51)29(6)48(21-15-20-47(19-14-18-44)40(53)45-61(56,57)32-17-13-12-16-30(32)43)24-25(2)23-41(7,54)37(27(4)34(49)28(5)38(52)59-33)60-39-35(50)31(46(9)10)22-26(3)58-39/h12-13,16-17,25-29,31,33-37,39,49-51,54-55H,11,14-15,19-24H2,1-10H3,(H,45,53)/t25-,26+,27-,28-,29-,31+,33-,34+,35+,36-,37-,39-,41-,42-/m1/s1. The summed E-state index contributed by atoms with van der Waals surface area (Å²) >= 11 is 6.11. The number of hydrogen-bond donors (Lipinski definition) is 6. The van der Waals surface area contributed by atoms with Crippen molar-refractivity contribution in [3.05, 3.63) is 29.3 Å². The zero-order valence-corrected chi connectivity index (χ0v) is 38.8. The zero-order valence-electron chi connectivity index (χ0n) is 37.3.